The first-order chi connectivity index (χ1) is 15.3. The van der Waals surface area contributed by atoms with E-state index in [1.165, 1.54) is 12.1 Å². The minimum atomic E-state index is -3.43. The van der Waals surface area contributed by atoms with Crippen molar-refractivity contribution in [1.29, 1.82) is 0 Å². The monoisotopic (exact) mass is 475 g/mol. The first-order valence-corrected chi connectivity index (χ1v) is 13.3. The Hall–Kier alpha value is -2.59. The van der Waals surface area contributed by atoms with E-state index in [4.69, 9.17) is 4.98 Å². The van der Waals surface area contributed by atoms with E-state index in [2.05, 4.69) is 27.1 Å². The van der Waals surface area contributed by atoms with E-state index in [0.717, 1.165) is 66.9 Å². The van der Waals surface area contributed by atoms with E-state index in [1.807, 2.05) is 17.8 Å². The fourth-order valence-corrected chi connectivity index (χ4v) is 5.29. The van der Waals surface area contributed by atoms with E-state index in [-0.39, 0.29) is 10.6 Å². The average Bonchev–Trinajstić information content (AvgIpc) is 3.27. The van der Waals surface area contributed by atoms with Crippen LogP contribution in [0.3, 0.4) is 0 Å². The molecule has 4 rings (SSSR count). The fourth-order valence-electron chi connectivity index (χ4n) is 3.67. The number of nitrogens with zero attached hydrogens (tertiary/aromatic N) is 4. The molecule has 3 aromatic rings. The summed E-state index contributed by atoms with van der Waals surface area (Å²) in [6.07, 6.45) is 7.76. The third-order valence-electron chi connectivity index (χ3n) is 5.63. The summed E-state index contributed by atoms with van der Waals surface area (Å²) in [4.78, 5) is 15.9. The lowest BCUT2D eigenvalue weighted by Crippen LogP contribution is -2.34. The second kappa shape index (κ2) is 9.50. The van der Waals surface area contributed by atoms with Crippen LogP contribution in [0.15, 0.2) is 40.9 Å². The van der Waals surface area contributed by atoms with Gasteiger partial charge < -0.3 is 10.2 Å². The molecule has 1 aromatic carbocycles. The normalized spacial score (nSPS) is 15.2. The number of hydrogen-bond donors (Lipinski definition) is 1. The molecule has 1 aliphatic rings. The molecule has 0 atom stereocenters. The van der Waals surface area contributed by atoms with Gasteiger partial charge in [-0.25, -0.2) is 27.8 Å². The van der Waals surface area contributed by atoms with Crippen LogP contribution in [0.25, 0.3) is 0 Å². The first-order valence-electron chi connectivity index (χ1n) is 10.6. The molecule has 0 aliphatic carbocycles. The van der Waals surface area contributed by atoms with Crippen LogP contribution in [0.4, 0.5) is 16.0 Å². The Bertz CT molecular complexity index is 1170. The highest BCUT2D eigenvalue weighted by molar-refractivity contribution is 7.90. The summed E-state index contributed by atoms with van der Waals surface area (Å²) in [6, 6.07) is 3.89. The van der Waals surface area contributed by atoms with Crippen molar-refractivity contribution >= 4 is 32.8 Å². The summed E-state index contributed by atoms with van der Waals surface area (Å²) in [5.74, 6) is 0.587. The average molecular weight is 476 g/mol. The lowest BCUT2D eigenvalue weighted by atomic mass is 9.98. The summed E-state index contributed by atoms with van der Waals surface area (Å²) in [5, 5.41) is 6.10. The second-order valence-corrected chi connectivity index (χ2v) is 10.9. The Kier molecular flexibility index (Phi) is 6.71. The van der Waals surface area contributed by atoms with Crippen LogP contribution in [-0.4, -0.2) is 42.7 Å². The van der Waals surface area contributed by atoms with Crippen molar-refractivity contribution in [2.24, 2.45) is 0 Å². The second-order valence-electron chi connectivity index (χ2n) is 7.95. The third kappa shape index (κ3) is 5.24. The minimum Gasteiger partial charge on any atom is -0.377 e. The number of piperidine rings is 1. The molecule has 1 N–H and O–H groups in total. The maximum absolute atomic E-state index is 14.2. The number of thiazole rings is 1. The summed E-state index contributed by atoms with van der Waals surface area (Å²) in [6.45, 7) is 4.25. The highest BCUT2D eigenvalue weighted by Gasteiger charge is 2.24. The molecule has 3 heterocycles. The van der Waals surface area contributed by atoms with Gasteiger partial charge in [-0.2, -0.15) is 0 Å². The van der Waals surface area contributed by atoms with Crippen molar-refractivity contribution in [3.63, 3.8) is 0 Å². The van der Waals surface area contributed by atoms with Gasteiger partial charge >= 0.3 is 0 Å². The van der Waals surface area contributed by atoms with Crippen LogP contribution < -0.4 is 10.2 Å². The van der Waals surface area contributed by atoms with E-state index < -0.39 is 15.7 Å². The number of halogens is 1. The molecule has 170 valence electrons. The number of aromatic nitrogens is 3. The third-order valence-corrected chi connectivity index (χ3v) is 7.79. The molecule has 1 saturated heterocycles. The summed E-state index contributed by atoms with van der Waals surface area (Å²) >= 11 is 1.63. The van der Waals surface area contributed by atoms with Gasteiger partial charge in [0.05, 0.1) is 27.8 Å². The maximum atomic E-state index is 14.2. The maximum Gasteiger partial charge on any atom is 0.225 e. The van der Waals surface area contributed by atoms with Crippen LogP contribution >= 0.6 is 11.3 Å². The van der Waals surface area contributed by atoms with E-state index in [9.17, 15) is 12.8 Å². The van der Waals surface area contributed by atoms with Gasteiger partial charge in [0.1, 0.15) is 5.82 Å². The van der Waals surface area contributed by atoms with Gasteiger partial charge in [0.2, 0.25) is 5.95 Å². The van der Waals surface area contributed by atoms with Gasteiger partial charge in [0.15, 0.2) is 9.84 Å². The van der Waals surface area contributed by atoms with Crippen LogP contribution in [0.5, 0.6) is 0 Å². The van der Waals surface area contributed by atoms with Crippen molar-refractivity contribution in [3.8, 4) is 0 Å². The van der Waals surface area contributed by atoms with E-state index in [0.29, 0.717) is 12.5 Å². The zero-order valence-electron chi connectivity index (χ0n) is 18.1. The number of benzene rings is 1. The topological polar surface area (TPSA) is 88.1 Å². The van der Waals surface area contributed by atoms with Gasteiger partial charge in [0.25, 0.3) is 0 Å². The number of sulfone groups is 1. The number of hydrogen-bond acceptors (Lipinski definition) is 8. The van der Waals surface area contributed by atoms with E-state index >= 15 is 0 Å². The molecule has 2 aromatic heterocycles. The predicted molar refractivity (Wildman–Crippen MR) is 125 cm³/mol. The quantitative estimate of drug-likeness (QED) is 0.552. The zero-order chi connectivity index (χ0) is 22.7. The van der Waals surface area contributed by atoms with Gasteiger partial charge in [0, 0.05) is 43.0 Å². The smallest absolute Gasteiger partial charge is 0.225 e. The van der Waals surface area contributed by atoms with Crippen LogP contribution in [0.2, 0.25) is 0 Å². The molecular weight excluding hydrogens is 449 g/mol. The molecule has 0 saturated carbocycles. The highest BCUT2D eigenvalue weighted by atomic mass is 32.2. The molecule has 0 bridgehead atoms. The first kappa shape index (κ1) is 22.6. The van der Waals surface area contributed by atoms with Crippen LogP contribution in [0, 0.1) is 5.82 Å². The van der Waals surface area contributed by atoms with Crippen LogP contribution in [0.1, 0.15) is 41.9 Å². The Labute approximate surface area is 191 Å². The van der Waals surface area contributed by atoms with Crippen molar-refractivity contribution in [2.45, 2.75) is 43.5 Å². The Balaban J connectivity index is 1.32. The zero-order valence-corrected chi connectivity index (χ0v) is 19.7. The Morgan fingerprint density at radius 1 is 1.22 bits per heavy atom. The van der Waals surface area contributed by atoms with Gasteiger partial charge in [-0.1, -0.05) is 6.92 Å². The number of aryl methyl sites for hydroxylation is 1. The largest absolute Gasteiger partial charge is 0.377 e. The molecular formula is C22H26FN5O2S2. The standard InChI is InChI=1S/C22H26FN5O2S2/c1-3-15-11-25-22(26-12-15)28-8-6-16(7-9-28)21-27-17(14-31-21)13-24-20-5-4-18(10-19(20)23)32(2,29)30/h4-5,10-12,14,16,24H,3,6-9,13H2,1-2H3. The molecule has 1 aliphatic heterocycles. The Morgan fingerprint density at radius 2 is 1.94 bits per heavy atom. The Morgan fingerprint density at radius 3 is 2.56 bits per heavy atom. The number of rotatable bonds is 7. The highest BCUT2D eigenvalue weighted by Crippen LogP contribution is 2.31. The van der Waals surface area contributed by atoms with Crippen LogP contribution in [-0.2, 0) is 22.8 Å². The number of anilines is 2. The summed E-state index contributed by atoms with van der Waals surface area (Å²) < 4.78 is 37.3. The number of nitrogens with one attached hydrogen (secondary N) is 1. The molecule has 32 heavy (non-hydrogen) atoms. The lowest BCUT2D eigenvalue weighted by Gasteiger charge is -2.31. The summed E-state index contributed by atoms with van der Waals surface area (Å²) in [7, 11) is -3.43. The fraction of sp³-hybridized carbons (Fsp3) is 0.409. The van der Waals surface area contributed by atoms with Gasteiger partial charge in [-0.3, -0.25) is 0 Å². The minimum absolute atomic E-state index is 0.0328. The van der Waals surface area contributed by atoms with Gasteiger partial charge in [-0.15, -0.1) is 11.3 Å². The molecule has 0 amide bonds. The molecule has 1 fully saturated rings. The lowest BCUT2D eigenvalue weighted by molar-refractivity contribution is 0.497. The molecule has 0 radical (unpaired) electrons. The molecule has 0 spiro atoms. The molecule has 0 unspecified atom stereocenters. The van der Waals surface area contributed by atoms with Gasteiger partial charge in [-0.05, 0) is 43.0 Å². The molecule has 7 nitrogen and oxygen atoms in total. The predicted octanol–water partition coefficient (Wildman–Crippen LogP) is 4.03. The summed E-state index contributed by atoms with van der Waals surface area (Å²) in [5.41, 5.74) is 2.24. The van der Waals surface area contributed by atoms with Crippen molar-refractivity contribution in [3.05, 3.63) is 58.1 Å². The van der Waals surface area contributed by atoms with Crippen molar-refractivity contribution in [1.82, 2.24) is 15.0 Å². The SMILES string of the molecule is CCc1cnc(N2CCC(c3nc(CNc4ccc(S(C)(=O)=O)cc4F)cs3)CC2)nc1. The van der Waals surface area contributed by atoms with E-state index in [1.54, 1.807) is 11.3 Å². The van der Waals surface area contributed by atoms with Crippen molar-refractivity contribution in [2.75, 3.05) is 29.6 Å². The van der Waals surface area contributed by atoms with Crippen molar-refractivity contribution < 1.29 is 12.8 Å². The molecule has 10 heteroatoms.